The SMILES string of the molecule is Cl.Cl.O=C(Nc1ccnn1C1CCCc2ccccc21)c1n[nH]c2c1CNCC2. The molecule has 1 aliphatic heterocycles. The number of hydrogen-bond donors (Lipinski definition) is 3. The Labute approximate surface area is 181 Å². The number of halogens is 2. The minimum absolute atomic E-state index is 0. The van der Waals surface area contributed by atoms with E-state index in [4.69, 9.17) is 0 Å². The zero-order valence-corrected chi connectivity index (χ0v) is 17.5. The number of benzene rings is 1. The molecule has 0 saturated heterocycles. The van der Waals surface area contributed by atoms with Crippen LogP contribution in [-0.4, -0.2) is 32.4 Å². The second-order valence-corrected chi connectivity index (χ2v) is 7.18. The number of fused-ring (bicyclic) bond motifs is 2. The van der Waals surface area contributed by atoms with Crippen LogP contribution in [0.2, 0.25) is 0 Å². The monoisotopic (exact) mass is 434 g/mol. The number of nitrogens with one attached hydrogen (secondary N) is 3. The van der Waals surface area contributed by atoms with Crippen molar-refractivity contribution >= 4 is 36.5 Å². The van der Waals surface area contributed by atoms with Crippen molar-refractivity contribution in [2.45, 2.75) is 38.3 Å². The molecule has 3 N–H and O–H groups in total. The Morgan fingerprint density at radius 3 is 2.93 bits per heavy atom. The normalized spacial score (nSPS) is 17.3. The third-order valence-corrected chi connectivity index (χ3v) is 5.57. The second-order valence-electron chi connectivity index (χ2n) is 7.18. The number of nitrogens with zero attached hydrogens (tertiary/aromatic N) is 3. The number of aryl methyl sites for hydroxylation is 1. The smallest absolute Gasteiger partial charge is 0.277 e. The van der Waals surface area contributed by atoms with Gasteiger partial charge in [-0.05, 0) is 30.4 Å². The van der Waals surface area contributed by atoms with Crippen LogP contribution in [0.5, 0.6) is 0 Å². The van der Waals surface area contributed by atoms with Crippen molar-refractivity contribution in [1.82, 2.24) is 25.3 Å². The Morgan fingerprint density at radius 1 is 1.17 bits per heavy atom. The molecule has 2 aromatic heterocycles. The van der Waals surface area contributed by atoms with Gasteiger partial charge in [-0.25, -0.2) is 4.68 Å². The number of H-pyrrole nitrogens is 1. The first-order valence-corrected chi connectivity index (χ1v) is 9.51. The lowest BCUT2D eigenvalue weighted by Gasteiger charge is -2.27. The summed E-state index contributed by atoms with van der Waals surface area (Å²) in [5.74, 6) is 0.518. The summed E-state index contributed by atoms with van der Waals surface area (Å²) < 4.78 is 1.94. The summed E-state index contributed by atoms with van der Waals surface area (Å²) in [6.07, 6.45) is 5.85. The molecule has 5 rings (SSSR count). The fourth-order valence-corrected chi connectivity index (χ4v) is 4.23. The molecule has 29 heavy (non-hydrogen) atoms. The van der Waals surface area contributed by atoms with Crippen molar-refractivity contribution in [1.29, 1.82) is 0 Å². The average molecular weight is 435 g/mol. The molecule has 0 fully saturated rings. The van der Waals surface area contributed by atoms with Crippen molar-refractivity contribution < 1.29 is 4.79 Å². The summed E-state index contributed by atoms with van der Waals surface area (Å²) >= 11 is 0. The molecule has 1 aromatic carbocycles. The number of amides is 1. The molecule has 1 aliphatic carbocycles. The standard InChI is InChI=1S/C20H22N6O.2ClH/c27-20(19-15-12-21-10-8-16(15)24-25-19)23-18-9-11-22-26(18)17-7-3-5-13-4-1-2-6-14(13)17;;/h1-2,4,6,9,11,17,21H,3,5,7-8,10,12H2,(H,23,27)(H,24,25);2*1H. The molecule has 154 valence electrons. The van der Waals surface area contributed by atoms with E-state index >= 15 is 0 Å². The number of hydrogen-bond acceptors (Lipinski definition) is 4. The molecule has 0 radical (unpaired) electrons. The summed E-state index contributed by atoms with van der Waals surface area (Å²) in [6, 6.07) is 10.5. The molecule has 7 nitrogen and oxygen atoms in total. The van der Waals surface area contributed by atoms with Crippen molar-refractivity contribution in [3.05, 3.63) is 64.6 Å². The maximum Gasteiger partial charge on any atom is 0.277 e. The molecule has 3 aromatic rings. The summed E-state index contributed by atoms with van der Waals surface area (Å²) in [4.78, 5) is 12.9. The summed E-state index contributed by atoms with van der Waals surface area (Å²) in [5, 5.41) is 18.1. The topological polar surface area (TPSA) is 87.6 Å². The molecule has 2 aliphatic rings. The van der Waals surface area contributed by atoms with Gasteiger partial charge in [0.25, 0.3) is 5.91 Å². The molecule has 0 spiro atoms. The summed E-state index contributed by atoms with van der Waals surface area (Å²) in [6.45, 7) is 1.58. The van der Waals surface area contributed by atoms with E-state index in [1.54, 1.807) is 6.20 Å². The molecule has 0 bridgehead atoms. The highest BCUT2D eigenvalue weighted by Gasteiger charge is 2.26. The van der Waals surface area contributed by atoms with Crippen LogP contribution in [-0.2, 0) is 19.4 Å². The van der Waals surface area contributed by atoms with E-state index in [1.807, 2.05) is 10.7 Å². The van der Waals surface area contributed by atoms with E-state index in [9.17, 15) is 4.79 Å². The predicted octanol–water partition coefficient (Wildman–Crippen LogP) is 3.27. The molecule has 1 unspecified atom stereocenters. The van der Waals surface area contributed by atoms with Gasteiger partial charge in [-0.2, -0.15) is 10.2 Å². The first kappa shape index (κ1) is 21.4. The van der Waals surface area contributed by atoms with Crippen LogP contribution in [0.3, 0.4) is 0 Å². The Hall–Kier alpha value is -2.35. The van der Waals surface area contributed by atoms with Crippen LogP contribution in [0.25, 0.3) is 0 Å². The minimum atomic E-state index is -0.193. The van der Waals surface area contributed by atoms with Gasteiger partial charge in [-0.15, -0.1) is 24.8 Å². The minimum Gasteiger partial charge on any atom is -0.312 e. The van der Waals surface area contributed by atoms with Crippen molar-refractivity contribution in [3.8, 4) is 0 Å². The van der Waals surface area contributed by atoms with Crippen LogP contribution < -0.4 is 10.6 Å². The fourth-order valence-electron chi connectivity index (χ4n) is 4.23. The Kier molecular flexibility index (Phi) is 6.62. The van der Waals surface area contributed by atoms with Gasteiger partial charge in [0, 0.05) is 36.8 Å². The Balaban J connectivity index is 0.00000120. The average Bonchev–Trinajstić information content (AvgIpc) is 3.34. The zero-order chi connectivity index (χ0) is 18.2. The van der Waals surface area contributed by atoms with Gasteiger partial charge in [-0.3, -0.25) is 9.89 Å². The predicted molar refractivity (Wildman–Crippen MR) is 116 cm³/mol. The van der Waals surface area contributed by atoms with E-state index in [2.05, 4.69) is 50.2 Å². The van der Waals surface area contributed by atoms with Gasteiger partial charge in [0.2, 0.25) is 0 Å². The molecule has 1 atom stereocenters. The van der Waals surface area contributed by atoms with Gasteiger partial charge >= 0.3 is 0 Å². The van der Waals surface area contributed by atoms with E-state index in [1.165, 1.54) is 11.1 Å². The van der Waals surface area contributed by atoms with Crippen LogP contribution in [0.1, 0.15) is 51.8 Å². The number of carbonyl (C=O) groups excluding carboxylic acids is 1. The zero-order valence-electron chi connectivity index (χ0n) is 15.9. The first-order valence-electron chi connectivity index (χ1n) is 9.51. The summed E-state index contributed by atoms with van der Waals surface area (Å²) in [5.41, 5.74) is 5.15. The van der Waals surface area contributed by atoms with Crippen molar-refractivity contribution in [2.24, 2.45) is 0 Å². The van der Waals surface area contributed by atoms with Gasteiger partial charge in [0.05, 0.1) is 12.2 Å². The molecule has 3 heterocycles. The maximum atomic E-state index is 12.9. The second kappa shape index (κ2) is 8.98. The first-order chi connectivity index (χ1) is 13.3. The molecule has 1 amide bonds. The van der Waals surface area contributed by atoms with E-state index in [-0.39, 0.29) is 36.8 Å². The van der Waals surface area contributed by atoms with Crippen LogP contribution in [0.4, 0.5) is 5.82 Å². The number of aromatic amines is 1. The van der Waals surface area contributed by atoms with Gasteiger partial charge in [-0.1, -0.05) is 24.3 Å². The number of carbonyl (C=O) groups is 1. The number of rotatable bonds is 3. The van der Waals surface area contributed by atoms with Crippen molar-refractivity contribution in [3.63, 3.8) is 0 Å². The van der Waals surface area contributed by atoms with Gasteiger partial charge in [0.1, 0.15) is 5.82 Å². The fraction of sp³-hybridized carbons (Fsp3) is 0.350. The van der Waals surface area contributed by atoms with E-state index in [0.29, 0.717) is 18.1 Å². The van der Waals surface area contributed by atoms with Crippen LogP contribution >= 0.6 is 24.8 Å². The lowest BCUT2D eigenvalue weighted by molar-refractivity contribution is 0.102. The third-order valence-electron chi connectivity index (χ3n) is 5.57. The molecule has 0 saturated carbocycles. The lowest BCUT2D eigenvalue weighted by Crippen LogP contribution is -2.26. The van der Waals surface area contributed by atoms with E-state index in [0.717, 1.165) is 43.5 Å². The largest absolute Gasteiger partial charge is 0.312 e. The summed E-state index contributed by atoms with van der Waals surface area (Å²) in [7, 11) is 0. The molecule has 9 heteroatoms. The molecular formula is C20H24Cl2N6O. The van der Waals surface area contributed by atoms with E-state index < -0.39 is 0 Å². The Morgan fingerprint density at radius 2 is 2.03 bits per heavy atom. The number of anilines is 1. The maximum absolute atomic E-state index is 12.9. The van der Waals surface area contributed by atoms with Crippen LogP contribution in [0.15, 0.2) is 36.5 Å². The highest BCUT2D eigenvalue weighted by molar-refractivity contribution is 6.03. The highest BCUT2D eigenvalue weighted by Crippen LogP contribution is 2.34. The van der Waals surface area contributed by atoms with Gasteiger partial charge in [0.15, 0.2) is 5.69 Å². The van der Waals surface area contributed by atoms with Crippen molar-refractivity contribution in [2.75, 3.05) is 11.9 Å². The quantitative estimate of drug-likeness (QED) is 0.589. The Bertz CT molecular complexity index is 999. The van der Waals surface area contributed by atoms with Crippen LogP contribution in [0, 0.1) is 0 Å². The lowest BCUT2D eigenvalue weighted by atomic mass is 9.88. The van der Waals surface area contributed by atoms with Gasteiger partial charge < -0.3 is 10.6 Å². The number of aromatic nitrogens is 4. The highest BCUT2D eigenvalue weighted by atomic mass is 35.5. The third kappa shape index (κ3) is 3.90. The molecular weight excluding hydrogens is 411 g/mol.